The average molecular weight is 744 g/mol. The fraction of sp³-hybridized carbons (Fsp3) is 0.486. The molecule has 4 rings (SSSR count). The van der Waals surface area contributed by atoms with E-state index < -0.39 is 25.0 Å². The van der Waals surface area contributed by atoms with Crippen molar-refractivity contribution in [3.8, 4) is 22.5 Å². The first-order chi connectivity index (χ1) is 24.5. The minimum Gasteiger partial charge on any atom is -0.456 e. The molecule has 0 bridgehead atoms. The molecule has 0 spiro atoms. The van der Waals surface area contributed by atoms with Crippen LogP contribution in [0.25, 0.3) is 33.4 Å². The summed E-state index contributed by atoms with van der Waals surface area (Å²) in [6.45, 7) is 15.6. The van der Waals surface area contributed by atoms with Crippen molar-refractivity contribution in [2.24, 2.45) is 5.73 Å². The van der Waals surface area contributed by atoms with Crippen molar-refractivity contribution in [2.45, 2.75) is 63.2 Å². The lowest BCUT2D eigenvalue weighted by molar-refractivity contribution is 0.483. The van der Waals surface area contributed by atoms with Gasteiger partial charge in [-0.2, -0.15) is 8.42 Å². The van der Waals surface area contributed by atoms with Gasteiger partial charge in [-0.05, 0) is 116 Å². The maximum Gasteiger partial charge on any atom is 0.294 e. The van der Waals surface area contributed by atoms with Crippen LogP contribution in [0, 0.1) is 0 Å². The summed E-state index contributed by atoms with van der Waals surface area (Å²) in [5, 5.41) is 8.34. The van der Waals surface area contributed by atoms with Crippen LogP contribution >= 0.6 is 0 Å². The summed E-state index contributed by atoms with van der Waals surface area (Å²) in [6.07, 6.45) is 3.51. The Hall–Kier alpha value is -3.37. The summed E-state index contributed by atoms with van der Waals surface area (Å²) in [5.41, 5.74) is 8.59. The standard InChI is InChI=1S/C37H54N6O6S2/c1-5-42(6-2)28-13-16-31-34(25-28)49-35-26-29(43(7-3)8-4)14-17-32(35)37(31)33-18-15-30(51(46,47)48)27-36(33)50(44,45)41-24-12-23-40-21-10-9-20-39-22-11-19-38/h13-18,25-27,39-41H,5-12,19-24,38H2,1-4H3/p+1. The van der Waals surface area contributed by atoms with Gasteiger partial charge in [-0.3, -0.25) is 4.55 Å². The third-order valence-corrected chi connectivity index (χ3v) is 11.4. The average Bonchev–Trinajstić information content (AvgIpc) is 3.11. The lowest BCUT2D eigenvalue weighted by atomic mass is 9.93. The summed E-state index contributed by atoms with van der Waals surface area (Å²) >= 11 is 0. The number of fused-ring (bicyclic) bond motifs is 2. The fourth-order valence-electron chi connectivity index (χ4n) is 6.30. The Morgan fingerprint density at radius 1 is 0.765 bits per heavy atom. The van der Waals surface area contributed by atoms with E-state index in [9.17, 15) is 21.4 Å². The van der Waals surface area contributed by atoms with E-state index in [2.05, 4.69) is 52.5 Å². The molecule has 1 aliphatic heterocycles. The van der Waals surface area contributed by atoms with E-state index >= 15 is 0 Å². The van der Waals surface area contributed by atoms with Gasteiger partial charge in [-0.15, -0.1) is 0 Å². The van der Waals surface area contributed by atoms with Crippen molar-refractivity contribution in [1.29, 1.82) is 0 Å². The number of nitrogens with two attached hydrogens (primary N) is 1. The summed E-state index contributed by atoms with van der Waals surface area (Å²) in [4.78, 5) is 1.44. The van der Waals surface area contributed by atoms with Crippen LogP contribution in [0.1, 0.15) is 53.4 Å². The minimum absolute atomic E-state index is 0.137. The third kappa shape index (κ3) is 10.4. The molecule has 12 nitrogen and oxygen atoms in total. The summed E-state index contributed by atoms with van der Waals surface area (Å²) in [6, 6.07) is 15.4. The van der Waals surface area contributed by atoms with E-state index in [1.165, 1.54) is 12.1 Å². The second-order valence-electron chi connectivity index (χ2n) is 12.4. The number of anilines is 1. The first kappa shape index (κ1) is 40.4. The zero-order chi connectivity index (χ0) is 37.0. The van der Waals surface area contributed by atoms with E-state index in [1.54, 1.807) is 0 Å². The van der Waals surface area contributed by atoms with Gasteiger partial charge in [-0.1, -0.05) is 6.07 Å². The molecule has 0 atom stereocenters. The quantitative estimate of drug-likeness (QED) is 0.0363. The van der Waals surface area contributed by atoms with Crippen LogP contribution in [0.5, 0.6) is 0 Å². The molecule has 0 radical (unpaired) electrons. The van der Waals surface area contributed by atoms with Crippen molar-refractivity contribution in [3.05, 3.63) is 60.0 Å². The van der Waals surface area contributed by atoms with E-state index in [0.717, 1.165) is 82.2 Å². The molecular formula is C37H55N6O6S2+. The minimum atomic E-state index is -4.70. The Bertz CT molecular complexity index is 2000. The van der Waals surface area contributed by atoms with E-state index in [-0.39, 0.29) is 11.4 Å². The van der Waals surface area contributed by atoms with Crippen LogP contribution in [0.4, 0.5) is 5.69 Å². The molecule has 51 heavy (non-hydrogen) atoms. The Morgan fingerprint density at radius 2 is 1.41 bits per heavy atom. The van der Waals surface area contributed by atoms with Gasteiger partial charge in [0.1, 0.15) is 24.4 Å². The molecule has 0 unspecified atom stereocenters. The molecule has 0 saturated heterocycles. The maximum atomic E-state index is 14.0. The number of hydrogen-bond acceptors (Lipinski definition) is 9. The van der Waals surface area contributed by atoms with Crippen LogP contribution in [0.2, 0.25) is 0 Å². The van der Waals surface area contributed by atoms with Crippen molar-refractivity contribution in [1.82, 2.24) is 19.9 Å². The highest BCUT2D eigenvalue weighted by Gasteiger charge is 2.27. The molecule has 0 fully saturated rings. The van der Waals surface area contributed by atoms with Crippen LogP contribution in [0.3, 0.4) is 0 Å². The zero-order valence-corrected chi connectivity index (χ0v) is 32.0. The molecule has 280 valence electrons. The van der Waals surface area contributed by atoms with Gasteiger partial charge in [0, 0.05) is 59.5 Å². The summed E-state index contributed by atoms with van der Waals surface area (Å²) in [5.74, 6) is 0.561. The molecule has 2 aromatic rings. The molecule has 0 saturated carbocycles. The van der Waals surface area contributed by atoms with Crippen LogP contribution in [0.15, 0.2) is 68.8 Å². The molecule has 2 aliphatic rings. The molecule has 14 heteroatoms. The van der Waals surface area contributed by atoms with E-state index in [1.807, 2.05) is 36.4 Å². The first-order valence-corrected chi connectivity index (χ1v) is 21.0. The van der Waals surface area contributed by atoms with Crippen LogP contribution < -0.4 is 35.9 Å². The lowest BCUT2D eigenvalue weighted by Crippen LogP contribution is -2.29. The zero-order valence-electron chi connectivity index (χ0n) is 30.4. The molecule has 0 amide bonds. The number of sulfonamides is 1. The number of unbranched alkanes of at least 4 members (excludes halogenated alkanes) is 1. The normalized spacial score (nSPS) is 12.2. The van der Waals surface area contributed by atoms with Gasteiger partial charge in [0.2, 0.25) is 15.4 Å². The fourth-order valence-corrected chi connectivity index (χ4v) is 8.19. The Morgan fingerprint density at radius 3 is 2.04 bits per heavy atom. The summed E-state index contributed by atoms with van der Waals surface area (Å²) in [7, 11) is -8.95. The van der Waals surface area contributed by atoms with Gasteiger partial charge >= 0.3 is 0 Å². The number of benzene rings is 3. The molecule has 1 aliphatic carbocycles. The van der Waals surface area contributed by atoms with E-state index in [4.69, 9.17) is 10.2 Å². The highest BCUT2D eigenvalue weighted by molar-refractivity contribution is 7.89. The van der Waals surface area contributed by atoms with Crippen molar-refractivity contribution >= 4 is 36.8 Å². The number of nitrogens with one attached hydrogen (secondary N) is 3. The predicted octanol–water partition coefficient (Wildman–Crippen LogP) is 4.09. The van der Waals surface area contributed by atoms with Crippen molar-refractivity contribution < 1.29 is 25.8 Å². The molecule has 1 heterocycles. The second-order valence-corrected chi connectivity index (χ2v) is 15.6. The largest absolute Gasteiger partial charge is 0.456 e. The van der Waals surface area contributed by atoms with Crippen molar-refractivity contribution in [2.75, 3.05) is 70.3 Å². The van der Waals surface area contributed by atoms with Gasteiger partial charge < -0.3 is 25.7 Å². The molecular weight excluding hydrogens is 689 g/mol. The topological polar surface area (TPSA) is 170 Å². The van der Waals surface area contributed by atoms with Gasteiger partial charge in [0.05, 0.1) is 15.9 Å². The SMILES string of the molecule is CCN(CC)c1ccc2c(-c3ccc(S(=O)(=O)O)cc3S(=O)(=O)NCCCNCCCCNCCCN)c3ccc(=[N+](CC)CC)cc-3oc2c1. The molecule has 2 aromatic carbocycles. The molecule has 6 N–H and O–H groups in total. The van der Waals surface area contributed by atoms with Gasteiger partial charge in [0.25, 0.3) is 10.1 Å². The second kappa shape index (κ2) is 18.9. The summed E-state index contributed by atoms with van der Waals surface area (Å²) < 4.78 is 74.0. The predicted molar refractivity (Wildman–Crippen MR) is 206 cm³/mol. The van der Waals surface area contributed by atoms with Gasteiger partial charge in [0.15, 0.2) is 0 Å². The van der Waals surface area contributed by atoms with Crippen LogP contribution in [-0.4, -0.2) is 86.8 Å². The lowest BCUT2D eigenvalue weighted by Gasteiger charge is -2.23. The number of rotatable bonds is 21. The highest BCUT2D eigenvalue weighted by Crippen LogP contribution is 2.43. The number of hydrogen-bond donors (Lipinski definition) is 5. The monoisotopic (exact) mass is 743 g/mol. The Labute approximate surface area is 303 Å². The Balaban J connectivity index is 1.74. The van der Waals surface area contributed by atoms with Crippen LogP contribution in [-0.2, 0) is 20.1 Å². The van der Waals surface area contributed by atoms with Crippen molar-refractivity contribution in [3.63, 3.8) is 0 Å². The molecule has 0 aromatic heterocycles. The Kier molecular flexibility index (Phi) is 15.0. The first-order valence-electron chi connectivity index (χ1n) is 18.1. The van der Waals surface area contributed by atoms with Gasteiger partial charge in [-0.25, -0.2) is 17.7 Å². The highest BCUT2D eigenvalue weighted by atomic mass is 32.2. The smallest absolute Gasteiger partial charge is 0.294 e. The van der Waals surface area contributed by atoms with E-state index in [0.29, 0.717) is 52.9 Å². The number of nitrogens with zero attached hydrogens (tertiary/aromatic N) is 2. The maximum absolute atomic E-state index is 14.0. The third-order valence-electron chi connectivity index (χ3n) is 9.09.